The molecular weight excluding hydrogens is 236 g/mol. The van der Waals surface area contributed by atoms with Crippen molar-refractivity contribution in [1.29, 1.82) is 0 Å². The summed E-state index contributed by atoms with van der Waals surface area (Å²) in [6.07, 6.45) is 3.40. The van der Waals surface area contributed by atoms with Crippen molar-refractivity contribution in [3.63, 3.8) is 0 Å². The molecule has 1 aromatic rings. The van der Waals surface area contributed by atoms with Crippen molar-refractivity contribution in [2.75, 3.05) is 26.4 Å². The minimum absolute atomic E-state index is 0.0497. The van der Waals surface area contributed by atoms with Crippen molar-refractivity contribution in [2.45, 2.75) is 31.5 Å². The van der Waals surface area contributed by atoms with Gasteiger partial charge in [0.1, 0.15) is 0 Å². The van der Waals surface area contributed by atoms with Crippen LogP contribution in [0.4, 0.5) is 0 Å². The minimum Gasteiger partial charge on any atom is -0.394 e. The minimum atomic E-state index is -0.265. The Labute approximate surface area is 106 Å². The number of nitrogens with one attached hydrogen (secondary N) is 1. The number of aromatic nitrogens is 3. The molecule has 0 aliphatic carbocycles. The quantitative estimate of drug-likeness (QED) is 0.598. The van der Waals surface area contributed by atoms with Gasteiger partial charge in [0, 0.05) is 31.5 Å². The molecule has 1 aromatic heterocycles. The largest absolute Gasteiger partial charge is 0.394 e. The van der Waals surface area contributed by atoms with Crippen molar-refractivity contribution in [3.8, 4) is 0 Å². The summed E-state index contributed by atoms with van der Waals surface area (Å²) in [5.41, 5.74) is 0.543. The zero-order valence-electron chi connectivity index (χ0n) is 10.4. The number of ether oxygens (including phenoxy) is 1. The number of rotatable bonds is 6. The molecule has 0 amide bonds. The van der Waals surface area contributed by atoms with E-state index in [1.807, 2.05) is 0 Å². The van der Waals surface area contributed by atoms with Crippen molar-refractivity contribution in [2.24, 2.45) is 0 Å². The van der Waals surface area contributed by atoms with E-state index in [-0.39, 0.29) is 18.8 Å². The van der Waals surface area contributed by atoms with Crippen LogP contribution in [0.15, 0.2) is 6.20 Å². The van der Waals surface area contributed by atoms with Gasteiger partial charge in [0.05, 0.1) is 25.5 Å². The Kier molecular flexibility index (Phi) is 4.65. The normalized spacial score (nSPS) is 19.0. The highest BCUT2D eigenvalue weighted by Crippen LogP contribution is 2.20. The summed E-state index contributed by atoms with van der Waals surface area (Å²) in [5, 5.41) is 29.6. The molecule has 0 saturated carbocycles. The monoisotopic (exact) mass is 256 g/mol. The van der Waals surface area contributed by atoms with Gasteiger partial charge in [0.15, 0.2) is 0 Å². The molecular formula is C11H20N4O3. The van der Waals surface area contributed by atoms with Gasteiger partial charge in [0.25, 0.3) is 0 Å². The van der Waals surface area contributed by atoms with Crippen LogP contribution in [0.1, 0.15) is 18.5 Å². The van der Waals surface area contributed by atoms with Crippen LogP contribution in [0.2, 0.25) is 0 Å². The third kappa shape index (κ3) is 3.26. The van der Waals surface area contributed by atoms with Crippen molar-refractivity contribution >= 4 is 0 Å². The smallest absolute Gasteiger partial charge is 0.0965 e. The Morgan fingerprint density at radius 2 is 2.17 bits per heavy atom. The molecule has 7 heteroatoms. The Hall–Kier alpha value is -1.02. The third-order valence-electron chi connectivity index (χ3n) is 3.31. The van der Waals surface area contributed by atoms with Crippen LogP contribution in [-0.4, -0.2) is 57.2 Å². The summed E-state index contributed by atoms with van der Waals surface area (Å²) >= 11 is 0. The number of aliphatic hydroxyl groups excluding tert-OH is 2. The predicted octanol–water partition coefficient (Wildman–Crippen LogP) is -1.10. The number of hydrogen-bond acceptors (Lipinski definition) is 6. The van der Waals surface area contributed by atoms with Gasteiger partial charge in [-0.05, 0) is 12.8 Å². The summed E-state index contributed by atoms with van der Waals surface area (Å²) < 4.78 is 6.91. The van der Waals surface area contributed by atoms with Crippen LogP contribution in [0.25, 0.3) is 0 Å². The van der Waals surface area contributed by atoms with E-state index in [0.717, 1.165) is 18.5 Å². The molecule has 1 fully saturated rings. The first-order valence-corrected chi connectivity index (χ1v) is 6.21. The summed E-state index contributed by atoms with van der Waals surface area (Å²) in [5.74, 6) is 0. The molecule has 0 atom stereocenters. The average Bonchev–Trinajstić information content (AvgIpc) is 2.86. The van der Waals surface area contributed by atoms with E-state index >= 15 is 0 Å². The lowest BCUT2D eigenvalue weighted by Gasteiger charge is -2.36. The van der Waals surface area contributed by atoms with Gasteiger partial charge >= 0.3 is 0 Å². The number of aliphatic hydroxyl groups is 2. The fourth-order valence-corrected chi connectivity index (χ4v) is 2.06. The van der Waals surface area contributed by atoms with Gasteiger partial charge in [-0.2, -0.15) is 0 Å². The van der Waals surface area contributed by atoms with Gasteiger partial charge < -0.3 is 20.3 Å². The van der Waals surface area contributed by atoms with Crippen molar-refractivity contribution in [1.82, 2.24) is 20.3 Å². The molecule has 2 rings (SSSR count). The molecule has 18 heavy (non-hydrogen) atoms. The van der Waals surface area contributed by atoms with Gasteiger partial charge in [-0.15, -0.1) is 5.10 Å². The topological polar surface area (TPSA) is 92.4 Å². The molecule has 1 saturated heterocycles. The lowest BCUT2D eigenvalue weighted by Crippen LogP contribution is -2.51. The fraction of sp³-hybridized carbons (Fsp3) is 0.818. The highest BCUT2D eigenvalue weighted by atomic mass is 16.5. The maximum absolute atomic E-state index is 9.52. The van der Waals surface area contributed by atoms with Gasteiger partial charge in [-0.1, -0.05) is 5.21 Å². The maximum Gasteiger partial charge on any atom is 0.0965 e. The molecule has 0 radical (unpaired) electrons. The van der Waals surface area contributed by atoms with Crippen LogP contribution in [0.3, 0.4) is 0 Å². The first-order valence-electron chi connectivity index (χ1n) is 6.21. The first-order chi connectivity index (χ1) is 8.78. The Morgan fingerprint density at radius 3 is 2.83 bits per heavy atom. The molecule has 1 aliphatic rings. The summed E-state index contributed by atoms with van der Waals surface area (Å²) in [7, 11) is 0. The van der Waals surface area contributed by atoms with Crippen LogP contribution in [-0.2, 0) is 17.8 Å². The van der Waals surface area contributed by atoms with E-state index in [2.05, 4.69) is 15.6 Å². The van der Waals surface area contributed by atoms with Gasteiger partial charge in [-0.3, -0.25) is 0 Å². The Bertz CT molecular complexity index is 363. The molecule has 0 aromatic carbocycles. The Morgan fingerprint density at radius 1 is 1.39 bits per heavy atom. The fourth-order valence-electron chi connectivity index (χ4n) is 2.06. The number of nitrogens with zero attached hydrogens (tertiary/aromatic N) is 3. The zero-order chi connectivity index (χ0) is 12.8. The SMILES string of the molecule is OCCn1cc(CNC2(CO)CCOCC2)nn1. The lowest BCUT2D eigenvalue weighted by molar-refractivity contribution is 0.0110. The van der Waals surface area contributed by atoms with Gasteiger partial charge in [0.2, 0.25) is 0 Å². The van der Waals surface area contributed by atoms with Gasteiger partial charge in [-0.25, -0.2) is 4.68 Å². The predicted molar refractivity (Wildman–Crippen MR) is 63.8 cm³/mol. The third-order valence-corrected chi connectivity index (χ3v) is 3.31. The molecule has 102 valence electrons. The average molecular weight is 256 g/mol. The summed E-state index contributed by atoms with van der Waals surface area (Å²) in [6.45, 7) is 2.50. The van der Waals surface area contributed by atoms with Crippen molar-refractivity contribution in [3.05, 3.63) is 11.9 Å². The van der Waals surface area contributed by atoms with Crippen molar-refractivity contribution < 1.29 is 14.9 Å². The molecule has 2 heterocycles. The van der Waals surface area contributed by atoms with E-state index in [0.29, 0.717) is 26.3 Å². The second-order valence-electron chi connectivity index (χ2n) is 4.60. The van der Waals surface area contributed by atoms with E-state index in [9.17, 15) is 5.11 Å². The first kappa shape index (κ1) is 13.4. The van der Waals surface area contributed by atoms with E-state index in [1.165, 1.54) is 0 Å². The lowest BCUT2D eigenvalue weighted by atomic mass is 9.91. The second-order valence-corrected chi connectivity index (χ2v) is 4.60. The zero-order valence-corrected chi connectivity index (χ0v) is 10.4. The van der Waals surface area contributed by atoms with Crippen LogP contribution in [0, 0.1) is 0 Å². The molecule has 7 nitrogen and oxygen atoms in total. The highest BCUT2D eigenvalue weighted by molar-refractivity contribution is 4.96. The molecule has 0 spiro atoms. The van der Waals surface area contributed by atoms with Crippen LogP contribution < -0.4 is 5.32 Å². The highest BCUT2D eigenvalue weighted by Gasteiger charge is 2.31. The summed E-state index contributed by atoms with van der Waals surface area (Å²) in [4.78, 5) is 0. The molecule has 3 N–H and O–H groups in total. The standard InChI is InChI=1S/C11H20N4O3/c16-4-3-15-8-10(13-14-15)7-12-11(9-17)1-5-18-6-2-11/h8,12,16-17H,1-7,9H2. The molecule has 1 aliphatic heterocycles. The van der Waals surface area contributed by atoms with E-state index < -0.39 is 0 Å². The molecule has 0 bridgehead atoms. The van der Waals surface area contributed by atoms with E-state index in [4.69, 9.17) is 9.84 Å². The maximum atomic E-state index is 9.52. The van der Waals surface area contributed by atoms with Crippen LogP contribution in [0.5, 0.6) is 0 Å². The van der Waals surface area contributed by atoms with E-state index in [1.54, 1.807) is 10.9 Å². The Balaban J connectivity index is 1.88. The summed E-state index contributed by atoms with van der Waals surface area (Å²) in [6, 6.07) is 0. The molecule has 0 unspecified atom stereocenters. The second kappa shape index (κ2) is 6.24. The van der Waals surface area contributed by atoms with Crippen LogP contribution >= 0.6 is 0 Å². The number of hydrogen-bond donors (Lipinski definition) is 3.